The second kappa shape index (κ2) is 5.87. The van der Waals surface area contributed by atoms with Crippen LogP contribution >= 0.6 is 0 Å². The van der Waals surface area contributed by atoms with Crippen LogP contribution in [0.25, 0.3) is 0 Å². The molecule has 0 bridgehead atoms. The Morgan fingerprint density at radius 3 is 2.47 bits per heavy atom. The fourth-order valence-electron chi connectivity index (χ4n) is 2.13. The maximum absolute atomic E-state index is 12.1. The van der Waals surface area contributed by atoms with Crippen molar-refractivity contribution in [3.05, 3.63) is 0 Å². The van der Waals surface area contributed by atoms with Crippen LogP contribution in [0.1, 0.15) is 19.8 Å². The third-order valence-corrected chi connectivity index (χ3v) is 2.89. The van der Waals surface area contributed by atoms with Gasteiger partial charge in [-0.3, -0.25) is 9.59 Å². The minimum atomic E-state index is -1.22. The molecule has 1 fully saturated rings. The summed E-state index contributed by atoms with van der Waals surface area (Å²) in [5.41, 5.74) is 4.01. The number of carbonyl (C=O) groups is 3. The maximum Gasteiger partial charge on any atom is 0.323 e. The first kappa shape index (κ1) is 15.2. The molecule has 108 valence electrons. The number of β-amino-alcohol motifs (C(OH)–C–C–N with tert-alkyl or cyclic N) is 1. The molecule has 1 rings (SSSR count). The number of nitrogens with two attached hydrogens (primary N) is 1. The van der Waals surface area contributed by atoms with E-state index in [9.17, 15) is 19.5 Å². The highest BCUT2D eigenvalue weighted by molar-refractivity contribution is 5.86. The number of carboxylic acid groups (broad SMARTS) is 1. The van der Waals surface area contributed by atoms with E-state index in [4.69, 9.17) is 10.8 Å². The van der Waals surface area contributed by atoms with Gasteiger partial charge in [0.25, 0.3) is 0 Å². The van der Waals surface area contributed by atoms with Crippen LogP contribution in [-0.4, -0.2) is 69.7 Å². The molecule has 0 spiro atoms. The smallest absolute Gasteiger partial charge is 0.323 e. The van der Waals surface area contributed by atoms with Gasteiger partial charge in [0.2, 0.25) is 5.91 Å². The lowest BCUT2D eigenvalue weighted by Gasteiger charge is -2.38. The Morgan fingerprint density at radius 2 is 2.00 bits per heavy atom. The average Bonchev–Trinajstić information content (AvgIpc) is 2.24. The molecule has 8 nitrogen and oxygen atoms in total. The summed E-state index contributed by atoms with van der Waals surface area (Å²) in [6, 6.07) is -0.596. The topological polar surface area (TPSA) is 124 Å². The molecule has 1 heterocycles. The van der Waals surface area contributed by atoms with E-state index in [2.05, 4.69) is 0 Å². The lowest BCUT2D eigenvalue weighted by molar-refractivity contribution is -0.138. The molecule has 1 aliphatic heterocycles. The number of urea groups is 1. The van der Waals surface area contributed by atoms with Gasteiger partial charge in [0.15, 0.2) is 0 Å². The third kappa shape index (κ3) is 4.74. The number of aliphatic carboxylic acids is 1. The number of rotatable bonds is 4. The summed E-state index contributed by atoms with van der Waals surface area (Å²) in [6.07, 6.45) is 1.20. The predicted molar refractivity (Wildman–Crippen MR) is 65.2 cm³/mol. The molecule has 19 heavy (non-hydrogen) atoms. The Morgan fingerprint density at radius 1 is 1.37 bits per heavy atom. The molecule has 1 aliphatic rings. The molecule has 4 N–H and O–H groups in total. The van der Waals surface area contributed by atoms with E-state index in [0.717, 1.165) is 4.90 Å². The van der Waals surface area contributed by atoms with Crippen molar-refractivity contribution >= 4 is 17.9 Å². The van der Waals surface area contributed by atoms with Crippen molar-refractivity contribution in [3.63, 3.8) is 0 Å². The summed E-state index contributed by atoms with van der Waals surface area (Å²) < 4.78 is 0. The van der Waals surface area contributed by atoms with Gasteiger partial charge >= 0.3 is 12.0 Å². The van der Waals surface area contributed by atoms with Crippen molar-refractivity contribution < 1.29 is 24.6 Å². The molecular formula is C11H19N3O5. The highest BCUT2D eigenvalue weighted by atomic mass is 16.4. The number of hydrogen-bond donors (Lipinski definition) is 3. The van der Waals surface area contributed by atoms with Crippen molar-refractivity contribution in [1.82, 2.24) is 9.80 Å². The fourth-order valence-corrected chi connectivity index (χ4v) is 2.13. The van der Waals surface area contributed by atoms with Crippen LogP contribution < -0.4 is 5.73 Å². The van der Waals surface area contributed by atoms with Crippen LogP contribution in [0.5, 0.6) is 0 Å². The monoisotopic (exact) mass is 273 g/mol. The summed E-state index contributed by atoms with van der Waals surface area (Å²) in [6.45, 7) is 1.09. The van der Waals surface area contributed by atoms with E-state index in [1.807, 2.05) is 0 Å². The molecule has 1 unspecified atom stereocenters. The first-order valence-corrected chi connectivity index (χ1v) is 5.97. The number of aliphatic hydroxyl groups is 1. The van der Waals surface area contributed by atoms with Crippen molar-refractivity contribution in [2.24, 2.45) is 5.73 Å². The van der Waals surface area contributed by atoms with E-state index in [1.165, 1.54) is 4.90 Å². The van der Waals surface area contributed by atoms with Gasteiger partial charge in [-0.05, 0) is 19.8 Å². The van der Waals surface area contributed by atoms with E-state index in [1.54, 1.807) is 6.92 Å². The molecule has 1 saturated heterocycles. The Hall–Kier alpha value is -1.83. The van der Waals surface area contributed by atoms with Gasteiger partial charge in [-0.25, -0.2) is 4.79 Å². The van der Waals surface area contributed by atoms with Crippen molar-refractivity contribution in [1.29, 1.82) is 0 Å². The zero-order valence-corrected chi connectivity index (χ0v) is 10.8. The normalized spacial score (nSPS) is 22.9. The van der Waals surface area contributed by atoms with Crippen LogP contribution in [0.2, 0.25) is 0 Å². The van der Waals surface area contributed by atoms with Crippen molar-refractivity contribution in [2.45, 2.75) is 25.4 Å². The largest absolute Gasteiger partial charge is 0.480 e. The van der Waals surface area contributed by atoms with Crippen LogP contribution in [0.3, 0.4) is 0 Å². The SMILES string of the molecule is CC1(O)CCCN(C(=O)N(CC(N)=O)CC(=O)O)C1. The van der Waals surface area contributed by atoms with Gasteiger partial charge in [0, 0.05) is 6.54 Å². The molecule has 0 aromatic heterocycles. The lowest BCUT2D eigenvalue weighted by atomic mass is 9.95. The number of hydrogen-bond acceptors (Lipinski definition) is 4. The van der Waals surface area contributed by atoms with Gasteiger partial charge in [-0.2, -0.15) is 0 Å². The first-order valence-electron chi connectivity index (χ1n) is 5.97. The summed E-state index contributed by atoms with van der Waals surface area (Å²) >= 11 is 0. The third-order valence-electron chi connectivity index (χ3n) is 2.89. The van der Waals surface area contributed by atoms with E-state index in [0.29, 0.717) is 19.4 Å². The Balaban J connectivity index is 2.74. The van der Waals surface area contributed by atoms with Gasteiger partial charge in [-0.15, -0.1) is 0 Å². The maximum atomic E-state index is 12.1. The lowest BCUT2D eigenvalue weighted by Crippen LogP contribution is -2.54. The number of likely N-dealkylation sites (tertiary alicyclic amines) is 1. The average molecular weight is 273 g/mol. The standard InChI is InChI=1S/C11H19N3O5/c1-11(19)3-2-4-13(7-11)10(18)14(5-8(12)15)6-9(16)17/h19H,2-7H2,1H3,(H2,12,15)(H,16,17). The van der Waals surface area contributed by atoms with E-state index >= 15 is 0 Å². The van der Waals surface area contributed by atoms with Crippen LogP contribution in [0, 0.1) is 0 Å². The Bertz CT molecular complexity index is 367. The number of carboxylic acids is 1. The minimum Gasteiger partial charge on any atom is -0.480 e. The first-order chi connectivity index (χ1) is 8.71. The Labute approximate surface area is 110 Å². The van der Waals surface area contributed by atoms with Crippen molar-refractivity contribution in [2.75, 3.05) is 26.2 Å². The zero-order chi connectivity index (χ0) is 14.6. The summed E-state index contributed by atoms with van der Waals surface area (Å²) in [4.78, 5) is 35.9. The minimum absolute atomic E-state index is 0.112. The molecule has 0 aliphatic carbocycles. The molecule has 3 amide bonds. The Kier molecular flexibility index (Phi) is 4.71. The predicted octanol–water partition coefficient (Wildman–Crippen LogP) is -1.17. The number of nitrogens with zero attached hydrogens (tertiary/aromatic N) is 2. The van der Waals surface area contributed by atoms with Crippen LogP contribution in [0.4, 0.5) is 4.79 Å². The second-order valence-electron chi connectivity index (χ2n) is 5.02. The molecule has 0 saturated carbocycles. The zero-order valence-electron chi connectivity index (χ0n) is 10.8. The number of amides is 3. The fraction of sp³-hybridized carbons (Fsp3) is 0.727. The van der Waals surface area contributed by atoms with Crippen LogP contribution in [-0.2, 0) is 9.59 Å². The summed E-state index contributed by atoms with van der Waals surface area (Å²) in [5, 5.41) is 18.7. The van der Waals surface area contributed by atoms with E-state index < -0.39 is 36.6 Å². The van der Waals surface area contributed by atoms with Gasteiger partial charge in [-0.1, -0.05) is 0 Å². The summed E-state index contributed by atoms with van der Waals surface area (Å²) in [7, 11) is 0. The highest BCUT2D eigenvalue weighted by Crippen LogP contribution is 2.21. The molecule has 1 atom stereocenters. The summed E-state index contributed by atoms with van der Waals surface area (Å²) in [5.74, 6) is -2.00. The molecule has 0 radical (unpaired) electrons. The van der Waals surface area contributed by atoms with Gasteiger partial charge in [0.1, 0.15) is 13.1 Å². The quantitative estimate of drug-likeness (QED) is 0.595. The molecule has 0 aromatic carbocycles. The number of carbonyl (C=O) groups excluding carboxylic acids is 2. The molecule has 0 aromatic rings. The van der Waals surface area contributed by atoms with E-state index in [-0.39, 0.29) is 6.54 Å². The highest BCUT2D eigenvalue weighted by Gasteiger charge is 2.33. The second-order valence-corrected chi connectivity index (χ2v) is 5.02. The molecular weight excluding hydrogens is 254 g/mol. The number of piperidine rings is 1. The number of primary amides is 1. The molecule has 8 heteroatoms. The van der Waals surface area contributed by atoms with Crippen LogP contribution in [0.15, 0.2) is 0 Å². The van der Waals surface area contributed by atoms with Gasteiger partial charge in [0.05, 0.1) is 12.1 Å². The van der Waals surface area contributed by atoms with Gasteiger partial charge < -0.3 is 25.7 Å². The van der Waals surface area contributed by atoms with Crippen molar-refractivity contribution in [3.8, 4) is 0 Å².